The number of H-pyrrole nitrogens is 1. The molecule has 0 saturated heterocycles. The maximum absolute atomic E-state index is 6.03. The molecule has 3 rings (SSSR count). The van der Waals surface area contributed by atoms with E-state index in [4.69, 9.17) is 11.6 Å². The molecule has 0 unspecified atom stereocenters. The molecular weight excluding hydrogens is 374 g/mol. The van der Waals surface area contributed by atoms with Crippen LogP contribution in [0.2, 0.25) is 5.02 Å². The zero-order chi connectivity index (χ0) is 20.3. The van der Waals surface area contributed by atoms with E-state index >= 15 is 0 Å². The Labute approximate surface area is 170 Å². The van der Waals surface area contributed by atoms with Crippen LogP contribution in [-0.2, 0) is 0 Å². The Morgan fingerprint density at radius 3 is 2.54 bits per heavy atom. The van der Waals surface area contributed by atoms with Crippen molar-refractivity contribution in [1.29, 1.82) is 0 Å². The second-order valence-electron chi connectivity index (χ2n) is 7.44. The Balaban J connectivity index is 1.68. The molecule has 0 radical (unpaired) electrons. The molecule has 2 heterocycles. The van der Waals surface area contributed by atoms with Crippen molar-refractivity contribution in [2.75, 3.05) is 23.7 Å². The fourth-order valence-corrected chi connectivity index (χ4v) is 3.46. The predicted molar refractivity (Wildman–Crippen MR) is 117 cm³/mol. The van der Waals surface area contributed by atoms with Gasteiger partial charge in [0.15, 0.2) is 0 Å². The molecule has 0 aliphatic carbocycles. The summed E-state index contributed by atoms with van der Waals surface area (Å²) >= 11 is 6.03. The number of imidazole rings is 1. The summed E-state index contributed by atoms with van der Waals surface area (Å²) < 4.78 is 0. The number of hydrogen-bond acceptors (Lipinski definition) is 6. The van der Waals surface area contributed by atoms with Crippen LogP contribution in [0.1, 0.15) is 33.4 Å². The zero-order valence-electron chi connectivity index (χ0n) is 17.0. The van der Waals surface area contributed by atoms with Gasteiger partial charge in [0.2, 0.25) is 11.9 Å². The molecule has 7 nitrogen and oxygen atoms in total. The first-order valence-corrected chi connectivity index (χ1v) is 9.97. The number of fused-ring (bicyclic) bond motifs is 1. The Bertz CT molecular complexity index is 927. The van der Waals surface area contributed by atoms with Gasteiger partial charge in [-0.2, -0.15) is 4.98 Å². The van der Waals surface area contributed by atoms with Gasteiger partial charge in [-0.1, -0.05) is 11.6 Å². The smallest absolute Gasteiger partial charge is 0.231 e. The van der Waals surface area contributed by atoms with Crippen molar-refractivity contribution in [2.24, 2.45) is 0 Å². The van der Waals surface area contributed by atoms with Gasteiger partial charge in [0.25, 0.3) is 0 Å². The van der Waals surface area contributed by atoms with E-state index in [2.05, 4.69) is 63.2 Å². The number of nitrogens with one attached hydrogen (secondary N) is 3. The lowest BCUT2D eigenvalue weighted by Gasteiger charge is -2.30. The molecule has 0 fully saturated rings. The molecule has 150 valence electrons. The highest BCUT2D eigenvalue weighted by atomic mass is 35.5. The quantitative estimate of drug-likeness (QED) is 0.512. The van der Waals surface area contributed by atoms with E-state index < -0.39 is 0 Å². The second-order valence-corrected chi connectivity index (χ2v) is 7.88. The van der Waals surface area contributed by atoms with Crippen molar-refractivity contribution >= 4 is 40.3 Å². The van der Waals surface area contributed by atoms with E-state index in [9.17, 15) is 0 Å². The molecule has 0 aliphatic rings. The second kappa shape index (κ2) is 8.75. The van der Waals surface area contributed by atoms with Crippen molar-refractivity contribution in [1.82, 2.24) is 24.8 Å². The highest BCUT2D eigenvalue weighted by molar-refractivity contribution is 6.31. The minimum atomic E-state index is 0.497. The summed E-state index contributed by atoms with van der Waals surface area (Å²) in [4.78, 5) is 19.2. The van der Waals surface area contributed by atoms with Gasteiger partial charge in [-0.3, -0.25) is 10.2 Å². The minimum Gasteiger partial charge on any atom is -0.369 e. The first kappa shape index (κ1) is 20.4. The molecule has 0 atom stereocenters. The van der Waals surface area contributed by atoms with E-state index in [1.807, 2.05) is 31.2 Å². The van der Waals surface area contributed by atoms with Crippen molar-refractivity contribution in [3.63, 3.8) is 0 Å². The maximum atomic E-state index is 6.03. The van der Waals surface area contributed by atoms with Gasteiger partial charge in [-0.05, 0) is 52.8 Å². The number of benzene rings is 1. The van der Waals surface area contributed by atoms with Gasteiger partial charge in [0.1, 0.15) is 5.82 Å². The van der Waals surface area contributed by atoms with Crippen LogP contribution in [0.5, 0.6) is 0 Å². The topological polar surface area (TPSA) is 81.8 Å². The molecule has 3 aromatic rings. The monoisotopic (exact) mass is 401 g/mol. The van der Waals surface area contributed by atoms with Crippen molar-refractivity contribution in [3.05, 3.63) is 35.0 Å². The number of halogens is 1. The maximum Gasteiger partial charge on any atom is 0.231 e. The molecule has 0 saturated carbocycles. The van der Waals surface area contributed by atoms with Crippen LogP contribution in [-0.4, -0.2) is 50.0 Å². The third-order valence-corrected chi connectivity index (χ3v) is 4.77. The number of hydrogen-bond donors (Lipinski definition) is 3. The van der Waals surface area contributed by atoms with Crippen LogP contribution in [0.15, 0.2) is 24.3 Å². The Kier molecular flexibility index (Phi) is 6.36. The molecule has 1 aromatic carbocycles. The fourth-order valence-electron chi connectivity index (χ4n) is 3.29. The summed E-state index contributed by atoms with van der Waals surface area (Å²) in [5.74, 6) is 1.87. The van der Waals surface area contributed by atoms with Crippen molar-refractivity contribution in [2.45, 2.75) is 46.7 Å². The van der Waals surface area contributed by atoms with Gasteiger partial charge in [-0.15, -0.1) is 0 Å². The molecule has 28 heavy (non-hydrogen) atoms. The molecule has 2 aromatic heterocycles. The zero-order valence-corrected chi connectivity index (χ0v) is 17.8. The lowest BCUT2D eigenvalue weighted by atomic mass is 10.2. The number of rotatable bonds is 8. The number of aromatic nitrogens is 4. The van der Waals surface area contributed by atoms with Crippen LogP contribution in [0.3, 0.4) is 0 Å². The predicted octanol–water partition coefficient (Wildman–Crippen LogP) is 4.59. The largest absolute Gasteiger partial charge is 0.369 e. The summed E-state index contributed by atoms with van der Waals surface area (Å²) in [6.45, 7) is 12.6. The number of nitrogens with zero attached hydrogens (tertiary/aromatic N) is 4. The van der Waals surface area contributed by atoms with Crippen LogP contribution < -0.4 is 10.6 Å². The molecular formula is C20H28ClN7. The number of anilines is 3. The molecule has 3 N–H and O–H groups in total. The van der Waals surface area contributed by atoms with E-state index in [0.717, 1.165) is 35.6 Å². The first-order chi connectivity index (χ1) is 13.3. The average molecular weight is 402 g/mol. The van der Waals surface area contributed by atoms with Gasteiger partial charge in [-0.25, -0.2) is 9.97 Å². The van der Waals surface area contributed by atoms with Crippen LogP contribution in [0, 0.1) is 6.92 Å². The van der Waals surface area contributed by atoms with Gasteiger partial charge >= 0.3 is 0 Å². The van der Waals surface area contributed by atoms with Gasteiger partial charge in [0.05, 0.1) is 11.0 Å². The Hall–Kier alpha value is -2.38. The SMILES string of the molecule is Cc1cc(NCCN(C(C)C)C(C)C)nc(Nc2nc3ccc(Cl)cc3[nH]2)n1. The molecule has 0 aliphatic heterocycles. The Morgan fingerprint density at radius 1 is 1.07 bits per heavy atom. The van der Waals surface area contributed by atoms with E-state index in [-0.39, 0.29) is 0 Å². The Morgan fingerprint density at radius 2 is 1.82 bits per heavy atom. The molecule has 0 spiro atoms. The standard InChI is InChI=1S/C20H28ClN7/c1-12(2)28(13(3)4)9-8-22-18-10-14(5)23-19(26-18)27-20-24-16-7-6-15(21)11-17(16)25-20/h6-7,10-13H,8-9H2,1-5H3,(H3,22,23,24,25,26,27). The highest BCUT2D eigenvalue weighted by Gasteiger charge is 2.13. The third kappa shape index (κ3) is 5.11. The molecule has 0 amide bonds. The van der Waals surface area contributed by atoms with E-state index in [0.29, 0.717) is 29.0 Å². The summed E-state index contributed by atoms with van der Waals surface area (Å²) in [5, 5.41) is 7.22. The summed E-state index contributed by atoms with van der Waals surface area (Å²) in [5.41, 5.74) is 2.58. The van der Waals surface area contributed by atoms with Crippen molar-refractivity contribution in [3.8, 4) is 0 Å². The normalized spacial score (nSPS) is 11.8. The lowest BCUT2D eigenvalue weighted by molar-refractivity contribution is 0.182. The van der Waals surface area contributed by atoms with Gasteiger partial charge < -0.3 is 10.3 Å². The third-order valence-electron chi connectivity index (χ3n) is 4.53. The van der Waals surface area contributed by atoms with Crippen molar-refractivity contribution < 1.29 is 0 Å². The average Bonchev–Trinajstić information content (AvgIpc) is 2.98. The van der Waals surface area contributed by atoms with E-state index in [1.165, 1.54) is 0 Å². The minimum absolute atomic E-state index is 0.497. The lowest BCUT2D eigenvalue weighted by Crippen LogP contribution is -2.40. The molecule has 0 bridgehead atoms. The number of aryl methyl sites for hydroxylation is 1. The van der Waals surface area contributed by atoms with Crippen LogP contribution in [0.25, 0.3) is 11.0 Å². The first-order valence-electron chi connectivity index (χ1n) is 9.59. The fraction of sp³-hybridized carbons (Fsp3) is 0.450. The summed E-state index contributed by atoms with van der Waals surface area (Å²) in [6, 6.07) is 8.49. The highest BCUT2D eigenvalue weighted by Crippen LogP contribution is 2.21. The molecule has 8 heteroatoms. The summed E-state index contributed by atoms with van der Waals surface area (Å²) in [7, 11) is 0. The van der Waals surface area contributed by atoms with Gasteiger partial charge in [0, 0.05) is 42.0 Å². The number of aromatic amines is 1. The van der Waals surface area contributed by atoms with Crippen LogP contribution in [0.4, 0.5) is 17.7 Å². The summed E-state index contributed by atoms with van der Waals surface area (Å²) in [6.07, 6.45) is 0. The van der Waals surface area contributed by atoms with Crippen LogP contribution >= 0.6 is 11.6 Å². The van der Waals surface area contributed by atoms with E-state index in [1.54, 1.807) is 0 Å².